The van der Waals surface area contributed by atoms with Gasteiger partial charge in [-0.25, -0.2) is 0 Å². The van der Waals surface area contributed by atoms with E-state index in [0.29, 0.717) is 16.5 Å². The number of nitrogens with zero attached hydrogens (tertiary/aromatic N) is 3. The number of benzene rings is 2. The smallest absolute Gasteiger partial charge is 0.176 e. The minimum Gasteiger partial charge on any atom is -0.508 e. The molecule has 0 bridgehead atoms. The standard InChI is InChI=1S/C15H11ClN4O2/c16-14-11-3-1-2-4-12(11)15(20-18-14)19-17-8-9-5-6-10(21)7-13(9)22/h1-8,21-22H,(H,19,20)/b17-8-. The molecule has 7 heteroatoms. The number of nitrogens with one attached hydrogen (secondary N) is 1. The summed E-state index contributed by atoms with van der Waals surface area (Å²) in [6.07, 6.45) is 1.42. The van der Waals surface area contributed by atoms with Gasteiger partial charge in [0, 0.05) is 22.4 Å². The third kappa shape index (κ3) is 2.77. The fourth-order valence-corrected chi connectivity index (χ4v) is 2.16. The van der Waals surface area contributed by atoms with Gasteiger partial charge >= 0.3 is 0 Å². The molecule has 110 valence electrons. The maximum atomic E-state index is 9.67. The van der Waals surface area contributed by atoms with Gasteiger partial charge < -0.3 is 10.2 Å². The zero-order valence-electron chi connectivity index (χ0n) is 11.2. The van der Waals surface area contributed by atoms with Crippen LogP contribution in [0, 0.1) is 0 Å². The van der Waals surface area contributed by atoms with E-state index in [1.807, 2.05) is 24.3 Å². The molecule has 0 amide bonds. The number of hydrogen-bond donors (Lipinski definition) is 3. The van der Waals surface area contributed by atoms with Crippen molar-refractivity contribution in [1.29, 1.82) is 0 Å². The summed E-state index contributed by atoms with van der Waals surface area (Å²) < 4.78 is 0. The first kappa shape index (κ1) is 14.1. The Morgan fingerprint density at radius 3 is 2.59 bits per heavy atom. The van der Waals surface area contributed by atoms with Crippen molar-refractivity contribution in [2.24, 2.45) is 5.10 Å². The van der Waals surface area contributed by atoms with E-state index in [1.165, 1.54) is 18.3 Å². The van der Waals surface area contributed by atoms with Crippen molar-refractivity contribution >= 4 is 34.4 Å². The van der Waals surface area contributed by atoms with Crippen LogP contribution in [0.15, 0.2) is 47.6 Å². The summed E-state index contributed by atoms with van der Waals surface area (Å²) in [4.78, 5) is 0. The average Bonchev–Trinajstić information content (AvgIpc) is 2.52. The Labute approximate surface area is 130 Å². The molecule has 1 heterocycles. The van der Waals surface area contributed by atoms with Crippen LogP contribution in [-0.2, 0) is 0 Å². The van der Waals surface area contributed by atoms with E-state index in [9.17, 15) is 10.2 Å². The molecule has 0 aliphatic rings. The Hall–Kier alpha value is -2.86. The molecule has 0 aliphatic heterocycles. The Bertz CT molecular complexity index is 867. The highest BCUT2D eigenvalue weighted by Crippen LogP contribution is 2.25. The van der Waals surface area contributed by atoms with Crippen molar-refractivity contribution in [3.8, 4) is 11.5 Å². The molecule has 0 atom stereocenters. The number of aromatic hydroxyl groups is 2. The fourth-order valence-electron chi connectivity index (χ4n) is 1.96. The number of hydrogen-bond acceptors (Lipinski definition) is 6. The third-order valence-electron chi connectivity index (χ3n) is 3.03. The van der Waals surface area contributed by atoms with Gasteiger partial charge in [0.05, 0.1) is 6.21 Å². The molecular weight excluding hydrogens is 304 g/mol. The van der Waals surface area contributed by atoms with Crippen LogP contribution < -0.4 is 5.43 Å². The van der Waals surface area contributed by atoms with Crippen molar-refractivity contribution in [3.63, 3.8) is 0 Å². The maximum absolute atomic E-state index is 9.67. The van der Waals surface area contributed by atoms with Crippen molar-refractivity contribution in [3.05, 3.63) is 53.2 Å². The van der Waals surface area contributed by atoms with Crippen LogP contribution in [0.1, 0.15) is 5.56 Å². The number of anilines is 1. The topological polar surface area (TPSA) is 90.6 Å². The van der Waals surface area contributed by atoms with E-state index in [4.69, 9.17) is 11.6 Å². The van der Waals surface area contributed by atoms with Crippen LogP contribution in [-0.4, -0.2) is 26.6 Å². The number of phenols is 2. The Morgan fingerprint density at radius 1 is 1.05 bits per heavy atom. The average molecular weight is 315 g/mol. The Morgan fingerprint density at radius 2 is 1.82 bits per heavy atom. The van der Waals surface area contributed by atoms with Crippen molar-refractivity contribution in [2.45, 2.75) is 0 Å². The lowest BCUT2D eigenvalue weighted by Gasteiger charge is -2.05. The van der Waals surface area contributed by atoms with Gasteiger partial charge in [-0.3, -0.25) is 5.43 Å². The predicted molar refractivity (Wildman–Crippen MR) is 85.5 cm³/mol. The lowest BCUT2D eigenvalue weighted by atomic mass is 10.2. The van der Waals surface area contributed by atoms with Gasteiger partial charge in [-0.05, 0) is 12.1 Å². The second kappa shape index (κ2) is 5.87. The van der Waals surface area contributed by atoms with E-state index in [1.54, 1.807) is 6.07 Å². The largest absolute Gasteiger partial charge is 0.508 e. The molecule has 1 aromatic heterocycles. The first-order valence-corrected chi connectivity index (χ1v) is 6.75. The van der Waals surface area contributed by atoms with Gasteiger partial charge in [-0.15, -0.1) is 10.2 Å². The number of hydrazone groups is 1. The molecule has 0 spiro atoms. The zero-order valence-corrected chi connectivity index (χ0v) is 12.0. The van der Waals surface area contributed by atoms with E-state index in [0.717, 1.165) is 10.8 Å². The lowest BCUT2D eigenvalue weighted by Crippen LogP contribution is -1.97. The minimum atomic E-state index is -0.0717. The predicted octanol–water partition coefficient (Wildman–Crippen LogP) is 3.14. The molecule has 0 fully saturated rings. The Balaban J connectivity index is 1.88. The quantitative estimate of drug-likeness (QED) is 0.510. The molecular formula is C15H11ClN4O2. The highest BCUT2D eigenvalue weighted by molar-refractivity contribution is 6.34. The summed E-state index contributed by atoms with van der Waals surface area (Å²) in [7, 11) is 0. The van der Waals surface area contributed by atoms with E-state index in [-0.39, 0.29) is 11.5 Å². The molecule has 0 unspecified atom stereocenters. The maximum Gasteiger partial charge on any atom is 0.176 e. The van der Waals surface area contributed by atoms with Gasteiger partial charge in [0.2, 0.25) is 0 Å². The first-order valence-electron chi connectivity index (χ1n) is 6.37. The summed E-state index contributed by atoms with van der Waals surface area (Å²) in [5.74, 6) is 0.365. The third-order valence-corrected chi connectivity index (χ3v) is 3.31. The highest BCUT2D eigenvalue weighted by Gasteiger charge is 2.06. The number of halogens is 1. The second-order valence-electron chi connectivity index (χ2n) is 4.50. The summed E-state index contributed by atoms with van der Waals surface area (Å²) in [5, 5.41) is 32.6. The van der Waals surface area contributed by atoms with Crippen LogP contribution in [0.5, 0.6) is 11.5 Å². The molecule has 3 N–H and O–H groups in total. The SMILES string of the molecule is Oc1ccc(/C=N\Nc2nnc(Cl)c3ccccc23)c(O)c1. The molecule has 6 nitrogen and oxygen atoms in total. The number of phenolic OH excluding ortho intramolecular Hbond substituents is 2. The molecule has 3 aromatic rings. The molecule has 2 aromatic carbocycles. The zero-order chi connectivity index (χ0) is 15.5. The van der Waals surface area contributed by atoms with Crippen LogP contribution in [0.3, 0.4) is 0 Å². The van der Waals surface area contributed by atoms with Crippen LogP contribution in [0.25, 0.3) is 10.8 Å². The monoisotopic (exact) mass is 314 g/mol. The van der Waals surface area contributed by atoms with Gasteiger partial charge in [0.1, 0.15) is 11.5 Å². The normalized spacial score (nSPS) is 11.1. The first-order chi connectivity index (χ1) is 10.6. The van der Waals surface area contributed by atoms with Crippen LogP contribution >= 0.6 is 11.6 Å². The lowest BCUT2D eigenvalue weighted by molar-refractivity contribution is 0.450. The van der Waals surface area contributed by atoms with E-state index < -0.39 is 0 Å². The number of rotatable bonds is 3. The number of aromatic nitrogens is 2. The van der Waals surface area contributed by atoms with Crippen LogP contribution in [0.4, 0.5) is 5.82 Å². The van der Waals surface area contributed by atoms with E-state index >= 15 is 0 Å². The molecule has 3 rings (SSSR count). The summed E-state index contributed by atoms with van der Waals surface area (Å²) in [6.45, 7) is 0. The number of fused-ring (bicyclic) bond motifs is 1. The van der Waals surface area contributed by atoms with Crippen molar-refractivity contribution in [2.75, 3.05) is 5.43 Å². The molecule has 0 saturated carbocycles. The molecule has 22 heavy (non-hydrogen) atoms. The van der Waals surface area contributed by atoms with E-state index in [2.05, 4.69) is 20.7 Å². The van der Waals surface area contributed by atoms with Crippen molar-refractivity contribution < 1.29 is 10.2 Å². The summed E-state index contributed by atoms with van der Waals surface area (Å²) in [5.41, 5.74) is 3.22. The minimum absolute atomic E-state index is 0.0165. The van der Waals surface area contributed by atoms with Gasteiger partial charge in [0.15, 0.2) is 11.0 Å². The summed E-state index contributed by atoms with van der Waals surface area (Å²) >= 11 is 6.00. The summed E-state index contributed by atoms with van der Waals surface area (Å²) in [6, 6.07) is 11.6. The van der Waals surface area contributed by atoms with Gasteiger partial charge in [-0.2, -0.15) is 5.10 Å². The second-order valence-corrected chi connectivity index (χ2v) is 4.86. The molecule has 0 saturated heterocycles. The molecule has 0 aliphatic carbocycles. The molecule has 0 radical (unpaired) electrons. The fraction of sp³-hybridized carbons (Fsp3) is 0. The van der Waals surface area contributed by atoms with Crippen molar-refractivity contribution in [1.82, 2.24) is 10.2 Å². The highest BCUT2D eigenvalue weighted by atomic mass is 35.5. The van der Waals surface area contributed by atoms with Crippen LogP contribution in [0.2, 0.25) is 5.15 Å². The van der Waals surface area contributed by atoms with Gasteiger partial charge in [0.25, 0.3) is 0 Å². The Kier molecular flexibility index (Phi) is 3.76. The van der Waals surface area contributed by atoms with Gasteiger partial charge in [-0.1, -0.05) is 35.9 Å².